The van der Waals surface area contributed by atoms with Crippen LogP contribution in [0, 0.1) is 23.7 Å². The van der Waals surface area contributed by atoms with Crippen LogP contribution in [0.3, 0.4) is 0 Å². The van der Waals surface area contributed by atoms with Crippen molar-refractivity contribution >= 4 is 5.91 Å². The number of benzene rings is 1. The van der Waals surface area contributed by atoms with Gasteiger partial charge in [0.1, 0.15) is 5.54 Å². The van der Waals surface area contributed by atoms with Gasteiger partial charge in [-0.15, -0.1) is 0 Å². The molecule has 3 N–H and O–H groups in total. The molecule has 0 spiro atoms. The molecule has 0 aromatic heterocycles. The fourth-order valence-corrected chi connectivity index (χ4v) is 5.55. The molecule has 1 aromatic carbocycles. The van der Waals surface area contributed by atoms with Crippen molar-refractivity contribution in [3.8, 4) is 0 Å². The molecule has 112 valence electrons. The summed E-state index contributed by atoms with van der Waals surface area (Å²) in [4.78, 5) is 12.4. The van der Waals surface area contributed by atoms with E-state index in [1.165, 1.54) is 37.7 Å². The van der Waals surface area contributed by atoms with Crippen LogP contribution in [0.5, 0.6) is 0 Å². The van der Waals surface area contributed by atoms with Crippen LogP contribution in [0.15, 0.2) is 30.3 Å². The largest absolute Gasteiger partial charge is 0.368 e. The van der Waals surface area contributed by atoms with Gasteiger partial charge in [0.15, 0.2) is 0 Å². The first kappa shape index (κ1) is 13.3. The first-order valence-electron chi connectivity index (χ1n) is 8.27. The molecular weight excluding hydrogens is 260 g/mol. The smallest absolute Gasteiger partial charge is 0.238 e. The quantitative estimate of drug-likeness (QED) is 0.892. The number of amides is 1. The lowest BCUT2D eigenvalue weighted by molar-refractivity contribution is -0.143. The predicted molar refractivity (Wildman–Crippen MR) is 82.3 cm³/mol. The highest BCUT2D eigenvalue weighted by Crippen LogP contribution is 2.58. The second-order valence-electron chi connectivity index (χ2n) is 7.38. The van der Waals surface area contributed by atoms with Crippen LogP contribution in [0.4, 0.5) is 0 Å². The van der Waals surface area contributed by atoms with Crippen molar-refractivity contribution < 1.29 is 4.79 Å². The lowest BCUT2D eigenvalue weighted by Crippen LogP contribution is -2.70. The molecule has 1 amide bonds. The first-order valence-corrected chi connectivity index (χ1v) is 8.27. The van der Waals surface area contributed by atoms with Crippen LogP contribution in [-0.4, -0.2) is 11.4 Å². The summed E-state index contributed by atoms with van der Waals surface area (Å²) in [6, 6.07) is 10.3. The van der Waals surface area contributed by atoms with Gasteiger partial charge < -0.3 is 5.73 Å². The standard InChI is InChI=1S/C18H24N2O/c19-17(21)18(20-11-12-4-2-1-3-5-12)15-7-13-6-14(9-15)10-16(18)8-13/h1-5,13-16,20H,6-11H2,(H2,19,21). The third kappa shape index (κ3) is 2.02. The molecule has 4 saturated carbocycles. The van der Waals surface area contributed by atoms with Gasteiger partial charge in [0.05, 0.1) is 0 Å². The molecule has 3 nitrogen and oxygen atoms in total. The van der Waals surface area contributed by atoms with Crippen molar-refractivity contribution in [3.63, 3.8) is 0 Å². The monoisotopic (exact) mass is 284 g/mol. The number of rotatable bonds is 4. The van der Waals surface area contributed by atoms with Gasteiger partial charge in [-0.05, 0) is 61.3 Å². The van der Waals surface area contributed by atoms with Crippen LogP contribution < -0.4 is 11.1 Å². The molecule has 0 heterocycles. The summed E-state index contributed by atoms with van der Waals surface area (Å²) in [5.74, 6) is 2.48. The SMILES string of the molecule is NC(=O)C1(NCc2ccccc2)C2CC3CC(C2)CC1C3. The van der Waals surface area contributed by atoms with Gasteiger partial charge in [-0.3, -0.25) is 10.1 Å². The highest BCUT2D eigenvalue weighted by Gasteiger charge is 2.59. The Morgan fingerprint density at radius 1 is 1.05 bits per heavy atom. The summed E-state index contributed by atoms with van der Waals surface area (Å²) in [7, 11) is 0. The summed E-state index contributed by atoms with van der Waals surface area (Å²) < 4.78 is 0. The number of carbonyl (C=O) groups excluding carboxylic acids is 1. The van der Waals surface area contributed by atoms with Crippen LogP contribution in [0.25, 0.3) is 0 Å². The van der Waals surface area contributed by atoms with Crippen molar-refractivity contribution in [2.75, 3.05) is 0 Å². The fourth-order valence-electron chi connectivity index (χ4n) is 5.55. The van der Waals surface area contributed by atoms with Gasteiger partial charge in [-0.25, -0.2) is 0 Å². The van der Waals surface area contributed by atoms with Gasteiger partial charge in [-0.2, -0.15) is 0 Å². The van der Waals surface area contributed by atoms with E-state index in [1.54, 1.807) is 0 Å². The average molecular weight is 284 g/mol. The summed E-state index contributed by atoms with van der Waals surface area (Å²) in [6.07, 6.45) is 6.16. The Balaban J connectivity index is 1.60. The second-order valence-corrected chi connectivity index (χ2v) is 7.38. The third-order valence-corrected chi connectivity index (χ3v) is 6.26. The predicted octanol–water partition coefficient (Wildman–Crippen LogP) is 2.46. The van der Waals surface area contributed by atoms with Gasteiger partial charge >= 0.3 is 0 Å². The molecule has 4 aliphatic rings. The number of hydrogen-bond donors (Lipinski definition) is 2. The summed E-state index contributed by atoms with van der Waals surface area (Å²) in [6.45, 7) is 0.742. The van der Waals surface area contributed by atoms with E-state index >= 15 is 0 Å². The van der Waals surface area contributed by atoms with Gasteiger partial charge in [0.25, 0.3) is 0 Å². The number of nitrogens with one attached hydrogen (secondary N) is 1. The van der Waals surface area contributed by atoms with Crippen molar-refractivity contribution in [1.29, 1.82) is 0 Å². The fraction of sp³-hybridized carbons (Fsp3) is 0.611. The Hall–Kier alpha value is -1.35. The number of primary amides is 1. The Bertz CT molecular complexity index is 511. The van der Waals surface area contributed by atoms with Crippen molar-refractivity contribution in [1.82, 2.24) is 5.32 Å². The summed E-state index contributed by atoms with van der Waals surface area (Å²) in [5, 5.41) is 3.62. The van der Waals surface area contributed by atoms with Gasteiger partial charge in [-0.1, -0.05) is 30.3 Å². The Morgan fingerprint density at radius 3 is 2.14 bits per heavy atom. The third-order valence-electron chi connectivity index (χ3n) is 6.26. The molecule has 4 fully saturated rings. The maximum atomic E-state index is 12.4. The molecule has 21 heavy (non-hydrogen) atoms. The summed E-state index contributed by atoms with van der Waals surface area (Å²) >= 11 is 0. The Morgan fingerprint density at radius 2 is 1.62 bits per heavy atom. The van der Waals surface area contributed by atoms with E-state index in [0.717, 1.165) is 18.4 Å². The summed E-state index contributed by atoms with van der Waals surface area (Å²) in [5.41, 5.74) is 6.69. The normalized spacial score (nSPS) is 40.4. The van der Waals surface area contributed by atoms with E-state index in [-0.39, 0.29) is 5.91 Å². The van der Waals surface area contributed by atoms with Crippen LogP contribution in [-0.2, 0) is 11.3 Å². The molecule has 0 radical (unpaired) electrons. The van der Waals surface area contributed by atoms with Crippen LogP contribution >= 0.6 is 0 Å². The Kier molecular flexibility index (Phi) is 3.07. The van der Waals surface area contributed by atoms with E-state index < -0.39 is 5.54 Å². The number of carbonyl (C=O) groups is 1. The minimum absolute atomic E-state index is 0.118. The highest BCUT2D eigenvalue weighted by molar-refractivity contribution is 5.86. The maximum Gasteiger partial charge on any atom is 0.238 e. The molecule has 3 heteroatoms. The Labute approximate surface area is 126 Å². The van der Waals surface area contributed by atoms with Crippen LogP contribution in [0.2, 0.25) is 0 Å². The topological polar surface area (TPSA) is 55.1 Å². The first-order chi connectivity index (χ1) is 10.2. The zero-order valence-corrected chi connectivity index (χ0v) is 12.4. The van der Waals surface area contributed by atoms with E-state index in [1.807, 2.05) is 18.2 Å². The van der Waals surface area contributed by atoms with Crippen LogP contribution in [0.1, 0.15) is 37.7 Å². The zero-order chi connectivity index (χ0) is 14.4. The molecular formula is C18H24N2O. The molecule has 5 rings (SSSR count). The maximum absolute atomic E-state index is 12.4. The van der Waals surface area contributed by atoms with Gasteiger partial charge in [0.2, 0.25) is 5.91 Å². The molecule has 1 aromatic rings. The zero-order valence-electron chi connectivity index (χ0n) is 12.4. The molecule has 0 atom stereocenters. The minimum Gasteiger partial charge on any atom is -0.368 e. The lowest BCUT2D eigenvalue weighted by Gasteiger charge is -2.60. The van der Waals surface area contributed by atoms with E-state index in [2.05, 4.69) is 17.4 Å². The number of nitrogens with two attached hydrogens (primary N) is 1. The minimum atomic E-state index is -0.455. The average Bonchev–Trinajstić information content (AvgIpc) is 2.47. The lowest BCUT2D eigenvalue weighted by atomic mass is 9.48. The molecule has 0 unspecified atom stereocenters. The van der Waals surface area contributed by atoms with Crippen molar-refractivity contribution in [3.05, 3.63) is 35.9 Å². The molecule has 0 saturated heterocycles. The van der Waals surface area contributed by atoms with E-state index in [4.69, 9.17) is 5.73 Å². The molecule has 0 aliphatic heterocycles. The molecule has 4 aliphatic carbocycles. The van der Waals surface area contributed by atoms with Crippen molar-refractivity contribution in [2.45, 2.75) is 44.2 Å². The highest BCUT2D eigenvalue weighted by atomic mass is 16.1. The second kappa shape index (κ2) is 4.84. The number of hydrogen-bond acceptors (Lipinski definition) is 2. The van der Waals surface area contributed by atoms with Crippen molar-refractivity contribution in [2.24, 2.45) is 29.4 Å². The molecule has 4 bridgehead atoms. The van der Waals surface area contributed by atoms with Gasteiger partial charge in [0, 0.05) is 6.54 Å². The van der Waals surface area contributed by atoms with E-state index in [9.17, 15) is 4.79 Å². The van der Waals surface area contributed by atoms with E-state index in [0.29, 0.717) is 11.8 Å².